The van der Waals surface area contributed by atoms with Crippen molar-refractivity contribution in [2.45, 2.75) is 13.8 Å². The van der Waals surface area contributed by atoms with Crippen LogP contribution in [0.3, 0.4) is 0 Å². The zero-order chi connectivity index (χ0) is 30.8. The van der Waals surface area contributed by atoms with E-state index in [0.717, 1.165) is 11.2 Å². The van der Waals surface area contributed by atoms with Gasteiger partial charge in [-0.15, -0.1) is 0 Å². The van der Waals surface area contributed by atoms with Gasteiger partial charge in [0.25, 0.3) is 0 Å². The van der Waals surface area contributed by atoms with Gasteiger partial charge in [0, 0.05) is 22.2 Å². The number of hydrogen-bond acceptors (Lipinski definition) is 1. The monoisotopic (exact) mass is 585 g/mol. The Morgan fingerprint density at radius 2 is 0.848 bits per heavy atom. The Bertz CT molecular complexity index is 2440. The number of nitrogens with zero attached hydrogens (tertiary/aromatic N) is 1. The Morgan fingerprint density at radius 1 is 0.391 bits per heavy atom. The van der Waals surface area contributed by atoms with Crippen LogP contribution < -0.4 is 0 Å². The highest BCUT2D eigenvalue weighted by Gasteiger charge is 2.35. The first-order chi connectivity index (χ1) is 22.7. The molecule has 7 aromatic carbocycles. The number of hydrogen-bond donors (Lipinski definition) is 0. The molecule has 0 radical (unpaired) electrons. The largest absolute Gasteiger partial charge is 0.252 e. The van der Waals surface area contributed by atoms with Gasteiger partial charge >= 0.3 is 0 Å². The minimum absolute atomic E-state index is 1.04. The average Bonchev–Trinajstić information content (AvgIpc) is 3.45. The lowest BCUT2D eigenvalue weighted by Crippen LogP contribution is -2.00. The van der Waals surface area contributed by atoms with Gasteiger partial charge in [-0.2, -0.15) is 0 Å². The number of rotatable bonds is 4. The summed E-state index contributed by atoms with van der Waals surface area (Å²) in [6.45, 7) is 4.34. The molecule has 0 aliphatic heterocycles. The van der Waals surface area contributed by atoms with E-state index in [0.29, 0.717) is 0 Å². The third-order valence-electron chi connectivity index (χ3n) is 9.55. The van der Waals surface area contributed by atoms with Crippen molar-refractivity contribution >= 4 is 21.7 Å². The molecular formula is C45H31N. The molecule has 0 spiro atoms. The van der Waals surface area contributed by atoms with Gasteiger partial charge in [-0.25, -0.2) is 0 Å². The van der Waals surface area contributed by atoms with E-state index in [1.807, 2.05) is 0 Å². The lowest BCUT2D eigenvalue weighted by Gasteiger charge is -2.26. The topological polar surface area (TPSA) is 12.9 Å². The minimum Gasteiger partial charge on any atom is -0.252 e. The standard InChI is InChI=1S/C45H31N/c1-28-26-29(2)46-45-36(28)27-34-24-15-25-35-37(34)44(45)43-41(33-22-13-6-14-23-33)39(31-18-9-4-10-19-31)38(30-16-7-3-8-17-30)40(42(35)43)32-20-11-5-12-21-32/h3-27H,1-2H3. The first-order valence-corrected chi connectivity index (χ1v) is 16.0. The van der Waals surface area contributed by atoms with E-state index >= 15 is 0 Å². The molecule has 9 rings (SSSR count). The molecule has 1 nitrogen and oxygen atoms in total. The van der Waals surface area contributed by atoms with Crippen molar-refractivity contribution in [2.75, 3.05) is 0 Å². The summed E-state index contributed by atoms with van der Waals surface area (Å²) >= 11 is 0. The molecular weight excluding hydrogens is 555 g/mol. The Morgan fingerprint density at radius 3 is 1.35 bits per heavy atom. The van der Waals surface area contributed by atoms with E-state index in [4.69, 9.17) is 4.98 Å². The molecule has 0 unspecified atom stereocenters. The highest BCUT2D eigenvalue weighted by atomic mass is 14.7. The molecule has 0 atom stereocenters. The fourth-order valence-electron chi connectivity index (χ4n) is 7.76. The molecule has 1 aliphatic rings. The SMILES string of the molecule is Cc1cc(C)c2cc3cccc4c3c(c2n1)-c1c(-c2ccccc2)c(-c2ccccc2)c(-c2ccccc2)c(-c2ccccc2)c1-4. The smallest absolute Gasteiger partial charge is 0.0793 e. The molecule has 216 valence electrons. The maximum absolute atomic E-state index is 5.31. The highest BCUT2D eigenvalue weighted by Crippen LogP contribution is 2.61. The molecule has 0 saturated heterocycles. The van der Waals surface area contributed by atoms with Crippen LogP contribution in [0.25, 0.3) is 88.4 Å². The molecule has 0 N–H and O–H groups in total. The van der Waals surface area contributed by atoms with Crippen LogP contribution in [-0.2, 0) is 0 Å². The van der Waals surface area contributed by atoms with E-state index in [2.05, 4.69) is 166 Å². The molecule has 1 aliphatic carbocycles. The third-order valence-corrected chi connectivity index (χ3v) is 9.55. The van der Waals surface area contributed by atoms with Crippen molar-refractivity contribution in [3.8, 4) is 66.8 Å². The zero-order valence-electron chi connectivity index (χ0n) is 25.9. The first-order valence-electron chi connectivity index (χ1n) is 16.0. The van der Waals surface area contributed by atoms with Crippen LogP contribution in [0.1, 0.15) is 11.3 Å². The minimum atomic E-state index is 1.04. The Hall–Kier alpha value is -5.79. The highest BCUT2D eigenvalue weighted by molar-refractivity contribution is 6.30. The average molecular weight is 586 g/mol. The number of aromatic nitrogens is 1. The second kappa shape index (κ2) is 10.4. The summed E-state index contributed by atoms with van der Waals surface area (Å²) in [6.07, 6.45) is 0. The van der Waals surface area contributed by atoms with E-state index in [1.54, 1.807) is 0 Å². The van der Waals surface area contributed by atoms with Gasteiger partial charge in [-0.05, 0) is 98.0 Å². The van der Waals surface area contributed by atoms with Crippen molar-refractivity contribution in [2.24, 2.45) is 0 Å². The van der Waals surface area contributed by atoms with Crippen molar-refractivity contribution in [1.29, 1.82) is 0 Å². The van der Waals surface area contributed by atoms with E-state index in [1.165, 1.54) is 88.5 Å². The maximum atomic E-state index is 5.31. The predicted molar refractivity (Wildman–Crippen MR) is 195 cm³/mol. The van der Waals surface area contributed by atoms with Gasteiger partial charge in [0.1, 0.15) is 0 Å². The molecule has 1 heteroatoms. The summed E-state index contributed by atoms with van der Waals surface area (Å²) in [5, 5.41) is 3.76. The summed E-state index contributed by atoms with van der Waals surface area (Å²) in [7, 11) is 0. The number of pyridine rings is 1. The zero-order valence-corrected chi connectivity index (χ0v) is 25.9. The van der Waals surface area contributed by atoms with Gasteiger partial charge in [0.15, 0.2) is 0 Å². The molecule has 0 saturated carbocycles. The number of benzene rings is 7. The molecule has 46 heavy (non-hydrogen) atoms. The lowest BCUT2D eigenvalue weighted by atomic mass is 9.76. The van der Waals surface area contributed by atoms with E-state index in [-0.39, 0.29) is 0 Å². The van der Waals surface area contributed by atoms with Crippen molar-refractivity contribution in [1.82, 2.24) is 4.98 Å². The van der Waals surface area contributed by atoms with Crippen LogP contribution >= 0.6 is 0 Å². The van der Waals surface area contributed by atoms with Crippen LogP contribution in [-0.4, -0.2) is 4.98 Å². The Kier molecular flexibility index (Phi) is 6.01. The van der Waals surface area contributed by atoms with Crippen LogP contribution in [0.15, 0.2) is 152 Å². The van der Waals surface area contributed by atoms with Gasteiger partial charge in [0.05, 0.1) is 5.52 Å². The molecule has 1 aromatic heterocycles. The van der Waals surface area contributed by atoms with Crippen LogP contribution in [0.5, 0.6) is 0 Å². The Balaban J connectivity index is 1.62. The Labute approximate surface area is 269 Å². The van der Waals surface area contributed by atoms with Crippen LogP contribution in [0.2, 0.25) is 0 Å². The van der Waals surface area contributed by atoms with E-state index in [9.17, 15) is 0 Å². The fourth-order valence-corrected chi connectivity index (χ4v) is 7.76. The van der Waals surface area contributed by atoms with Crippen LogP contribution in [0.4, 0.5) is 0 Å². The summed E-state index contributed by atoms with van der Waals surface area (Å²) in [6, 6.07) is 55.3. The van der Waals surface area contributed by atoms with Gasteiger partial charge in [0.2, 0.25) is 0 Å². The normalized spacial score (nSPS) is 11.7. The molecule has 1 heterocycles. The van der Waals surface area contributed by atoms with Gasteiger partial charge < -0.3 is 0 Å². The first kappa shape index (κ1) is 26.6. The maximum Gasteiger partial charge on any atom is 0.0793 e. The quantitative estimate of drug-likeness (QED) is 0.187. The van der Waals surface area contributed by atoms with Crippen molar-refractivity contribution in [3.05, 3.63) is 163 Å². The molecule has 0 bridgehead atoms. The molecule has 8 aromatic rings. The summed E-state index contributed by atoms with van der Waals surface area (Å²) < 4.78 is 0. The predicted octanol–water partition coefficient (Wildman–Crippen LogP) is 12.3. The molecule has 0 amide bonds. The summed E-state index contributed by atoms with van der Waals surface area (Å²) in [5.41, 5.74) is 18.3. The fraction of sp³-hybridized carbons (Fsp3) is 0.0444. The summed E-state index contributed by atoms with van der Waals surface area (Å²) in [5.74, 6) is 0. The molecule has 0 fully saturated rings. The number of aryl methyl sites for hydroxylation is 2. The number of fused-ring (bicyclic) bond motifs is 5. The van der Waals surface area contributed by atoms with Crippen molar-refractivity contribution in [3.63, 3.8) is 0 Å². The second-order valence-corrected chi connectivity index (χ2v) is 12.3. The van der Waals surface area contributed by atoms with Gasteiger partial charge in [-0.3, -0.25) is 4.98 Å². The third kappa shape index (κ3) is 3.92. The summed E-state index contributed by atoms with van der Waals surface area (Å²) in [4.78, 5) is 5.31. The lowest BCUT2D eigenvalue weighted by molar-refractivity contribution is 1.24. The van der Waals surface area contributed by atoms with Crippen molar-refractivity contribution < 1.29 is 0 Å². The second-order valence-electron chi connectivity index (χ2n) is 12.3. The van der Waals surface area contributed by atoms with Gasteiger partial charge in [-0.1, -0.05) is 140 Å². The van der Waals surface area contributed by atoms with Crippen LogP contribution in [0, 0.1) is 13.8 Å². The van der Waals surface area contributed by atoms with E-state index < -0.39 is 0 Å².